The maximum Gasteiger partial charge on any atom is 1.00 e. The molecular formula is C7H11BF3K. The quantitative estimate of drug-likeness (QED) is 0.416. The van der Waals surface area contributed by atoms with Crippen LogP contribution in [-0.2, 0) is 0 Å². The van der Waals surface area contributed by atoms with Gasteiger partial charge >= 0.3 is 58.9 Å². The molecule has 2 aliphatic carbocycles. The maximum absolute atomic E-state index is 9.67. The third kappa shape index (κ3) is 6.02. The zero-order valence-corrected chi connectivity index (χ0v) is 10.4. The Balaban J connectivity index is 0.000000217. The summed E-state index contributed by atoms with van der Waals surface area (Å²) in [4.78, 5) is 0. The molecule has 0 N–H and O–H groups in total. The zero-order chi connectivity index (χ0) is 8.27. The average Bonchev–Trinajstić information content (AvgIpc) is 2.41. The van der Waals surface area contributed by atoms with Crippen LogP contribution in [-0.4, -0.2) is 7.54 Å². The van der Waals surface area contributed by atoms with Gasteiger partial charge in [0.25, 0.3) is 0 Å². The summed E-state index contributed by atoms with van der Waals surface area (Å²) < 4.78 is 29.0. The number of rotatable bonds is 1. The minimum atomic E-state index is -3.67. The Morgan fingerprint density at radius 3 is 1.58 bits per heavy atom. The van der Waals surface area contributed by atoms with E-state index in [-0.39, 0.29) is 51.4 Å². The van der Waals surface area contributed by atoms with Crippen molar-refractivity contribution in [2.45, 2.75) is 32.1 Å². The first-order chi connectivity index (χ1) is 5.20. The summed E-state index contributed by atoms with van der Waals surface area (Å²) in [5.74, 6) is 3.01. The summed E-state index contributed by atoms with van der Waals surface area (Å²) in [5.41, 5.74) is 0. The van der Waals surface area contributed by atoms with Crippen molar-refractivity contribution in [3.8, 4) is 0 Å². The van der Waals surface area contributed by atoms with Crippen LogP contribution in [0.1, 0.15) is 32.1 Å². The van der Waals surface area contributed by atoms with Gasteiger partial charge in [-0.25, -0.2) is 0 Å². The van der Waals surface area contributed by atoms with Gasteiger partial charge in [0.05, 0.1) is 0 Å². The molecule has 5 heteroatoms. The molecule has 0 spiro atoms. The van der Waals surface area contributed by atoms with E-state index in [2.05, 4.69) is 0 Å². The third-order valence-corrected chi connectivity index (χ3v) is 2.15. The molecular weight excluding hydrogens is 191 g/mol. The normalized spacial score (nSPS) is 21.2. The molecule has 0 nitrogen and oxygen atoms in total. The van der Waals surface area contributed by atoms with Crippen LogP contribution in [0, 0.1) is 11.8 Å². The van der Waals surface area contributed by atoms with Gasteiger partial charge in [-0.15, -0.1) is 6.42 Å². The van der Waals surface area contributed by atoms with Gasteiger partial charge in [-0.3, -0.25) is 12.9 Å². The van der Waals surface area contributed by atoms with Gasteiger partial charge in [-0.05, 0) is 0 Å². The van der Waals surface area contributed by atoms with E-state index >= 15 is 0 Å². The SMILES string of the molecule is C1C[C-](C2CC2)C1.FB(F)F.[K+]. The van der Waals surface area contributed by atoms with E-state index in [4.69, 9.17) is 0 Å². The van der Waals surface area contributed by atoms with Crippen molar-refractivity contribution in [2.24, 2.45) is 5.92 Å². The summed E-state index contributed by atoms with van der Waals surface area (Å²) in [7, 11) is -3.67. The van der Waals surface area contributed by atoms with E-state index in [1.807, 2.05) is 5.92 Å². The van der Waals surface area contributed by atoms with Crippen LogP contribution < -0.4 is 51.4 Å². The fourth-order valence-electron chi connectivity index (χ4n) is 1.28. The summed E-state index contributed by atoms with van der Waals surface area (Å²) in [5, 5.41) is 0. The molecule has 0 heterocycles. The van der Waals surface area contributed by atoms with Crippen LogP contribution in [0.15, 0.2) is 0 Å². The molecule has 0 saturated heterocycles. The van der Waals surface area contributed by atoms with Crippen LogP contribution in [0.5, 0.6) is 0 Å². The van der Waals surface area contributed by atoms with Crippen LogP contribution in [0.4, 0.5) is 12.9 Å². The maximum atomic E-state index is 9.67. The largest absolute Gasteiger partial charge is 1.00 e. The number of hydrogen-bond acceptors (Lipinski definition) is 0. The predicted molar refractivity (Wildman–Crippen MR) is 38.9 cm³/mol. The van der Waals surface area contributed by atoms with Gasteiger partial charge in [0, 0.05) is 0 Å². The molecule has 12 heavy (non-hydrogen) atoms. The van der Waals surface area contributed by atoms with E-state index < -0.39 is 7.54 Å². The van der Waals surface area contributed by atoms with Gasteiger partial charge in [0.1, 0.15) is 0 Å². The average molecular weight is 202 g/mol. The molecule has 2 saturated carbocycles. The molecule has 2 rings (SSSR count). The number of hydrogen-bond donors (Lipinski definition) is 0. The number of halogens is 3. The van der Waals surface area contributed by atoms with Crippen molar-refractivity contribution in [1.29, 1.82) is 0 Å². The van der Waals surface area contributed by atoms with E-state index in [9.17, 15) is 12.9 Å². The van der Waals surface area contributed by atoms with Crippen molar-refractivity contribution in [2.75, 3.05) is 0 Å². The first kappa shape index (κ1) is 13.5. The van der Waals surface area contributed by atoms with Gasteiger partial charge in [0.2, 0.25) is 0 Å². The second-order valence-electron chi connectivity index (χ2n) is 3.03. The molecule has 0 atom stereocenters. The van der Waals surface area contributed by atoms with Crippen LogP contribution in [0.25, 0.3) is 0 Å². The molecule has 0 aromatic heterocycles. The van der Waals surface area contributed by atoms with Crippen molar-refractivity contribution in [3.63, 3.8) is 0 Å². The van der Waals surface area contributed by atoms with Crippen molar-refractivity contribution >= 4 is 7.54 Å². The van der Waals surface area contributed by atoms with Crippen molar-refractivity contribution < 1.29 is 64.3 Å². The van der Waals surface area contributed by atoms with E-state index in [1.54, 1.807) is 0 Å². The summed E-state index contributed by atoms with van der Waals surface area (Å²) in [6.45, 7) is 0. The van der Waals surface area contributed by atoms with Gasteiger partial charge in [-0.1, -0.05) is 12.8 Å². The molecule has 0 bridgehead atoms. The Morgan fingerprint density at radius 2 is 1.50 bits per heavy atom. The Kier molecular flexibility index (Phi) is 7.73. The van der Waals surface area contributed by atoms with Crippen LogP contribution >= 0.6 is 0 Å². The fourth-order valence-corrected chi connectivity index (χ4v) is 1.28. The van der Waals surface area contributed by atoms with Crippen LogP contribution in [0.2, 0.25) is 0 Å². The minimum Gasteiger partial charge on any atom is -0.311 e. The van der Waals surface area contributed by atoms with Crippen LogP contribution in [0.3, 0.4) is 0 Å². The first-order valence-electron chi connectivity index (χ1n) is 3.97. The van der Waals surface area contributed by atoms with E-state index in [1.165, 1.54) is 32.1 Å². The summed E-state index contributed by atoms with van der Waals surface area (Å²) >= 11 is 0. The Labute approximate surface area is 114 Å². The van der Waals surface area contributed by atoms with Gasteiger partial charge < -0.3 is 5.92 Å². The van der Waals surface area contributed by atoms with E-state index in [0.29, 0.717) is 0 Å². The molecule has 2 aliphatic rings. The smallest absolute Gasteiger partial charge is 0.311 e. The van der Waals surface area contributed by atoms with E-state index in [0.717, 1.165) is 5.92 Å². The Morgan fingerprint density at radius 1 is 1.08 bits per heavy atom. The molecule has 0 unspecified atom stereocenters. The van der Waals surface area contributed by atoms with Crippen molar-refractivity contribution in [1.82, 2.24) is 0 Å². The molecule has 0 aromatic carbocycles. The predicted octanol–water partition coefficient (Wildman–Crippen LogP) is 0.0386. The molecule has 2 fully saturated rings. The van der Waals surface area contributed by atoms with Crippen molar-refractivity contribution in [3.05, 3.63) is 5.92 Å². The van der Waals surface area contributed by atoms with Gasteiger partial charge in [-0.2, -0.15) is 18.8 Å². The monoisotopic (exact) mass is 202 g/mol. The second-order valence-corrected chi connectivity index (χ2v) is 3.03. The molecule has 0 aromatic rings. The minimum absolute atomic E-state index is 0. The summed E-state index contributed by atoms with van der Waals surface area (Å²) in [6, 6.07) is 0. The first-order valence-corrected chi connectivity index (χ1v) is 3.97. The summed E-state index contributed by atoms with van der Waals surface area (Å²) in [6.07, 6.45) is 7.49. The Bertz CT molecular complexity index is 112. The third-order valence-electron chi connectivity index (χ3n) is 2.15. The van der Waals surface area contributed by atoms with Gasteiger partial charge in [0.15, 0.2) is 0 Å². The Hall–Kier alpha value is 1.49. The standard InChI is InChI=1S/C7H11.BF3.K/c1-2-6(3-1)7-4-5-7;2-1(3)4;/h7H,1-5H2;;/q-1;;+1. The molecule has 0 aliphatic heterocycles. The molecule has 64 valence electrons. The second kappa shape index (κ2) is 6.87. The molecule has 0 radical (unpaired) electrons. The zero-order valence-electron chi connectivity index (χ0n) is 7.32. The topological polar surface area (TPSA) is 0 Å². The molecule has 0 amide bonds. The fraction of sp³-hybridized carbons (Fsp3) is 0.857.